The van der Waals surface area contributed by atoms with Gasteiger partial charge < -0.3 is 10.2 Å². The molecule has 2 saturated heterocycles. The number of hydrogen-bond acceptors (Lipinski definition) is 5. The van der Waals surface area contributed by atoms with Crippen LogP contribution in [0.2, 0.25) is 0 Å². The van der Waals surface area contributed by atoms with E-state index in [2.05, 4.69) is 27.0 Å². The van der Waals surface area contributed by atoms with Gasteiger partial charge in [-0.15, -0.1) is 36.2 Å². The van der Waals surface area contributed by atoms with E-state index in [0.29, 0.717) is 0 Å². The van der Waals surface area contributed by atoms with Gasteiger partial charge in [0, 0.05) is 43.8 Å². The van der Waals surface area contributed by atoms with E-state index in [1.807, 2.05) is 17.5 Å². The van der Waals surface area contributed by atoms with Crippen molar-refractivity contribution in [2.75, 3.05) is 50.7 Å². The summed E-state index contributed by atoms with van der Waals surface area (Å²) < 4.78 is 0. The third-order valence-corrected chi connectivity index (χ3v) is 5.20. The molecule has 2 aliphatic heterocycles. The summed E-state index contributed by atoms with van der Waals surface area (Å²) in [6, 6.07) is 0. The predicted molar refractivity (Wildman–Crippen MR) is 95.6 cm³/mol. The highest BCUT2D eigenvalue weighted by Gasteiger charge is 2.22. The van der Waals surface area contributed by atoms with Crippen molar-refractivity contribution in [1.82, 2.24) is 15.2 Å². The molecule has 21 heavy (non-hydrogen) atoms. The summed E-state index contributed by atoms with van der Waals surface area (Å²) in [7, 11) is 0. The van der Waals surface area contributed by atoms with Crippen LogP contribution < -0.4 is 10.2 Å². The third kappa shape index (κ3) is 5.25. The van der Waals surface area contributed by atoms with Crippen LogP contribution >= 0.6 is 36.2 Å². The summed E-state index contributed by atoms with van der Waals surface area (Å²) in [5, 5.41) is 4.66. The fourth-order valence-electron chi connectivity index (χ4n) is 3.04. The van der Waals surface area contributed by atoms with Crippen LogP contribution in [0.3, 0.4) is 0 Å². The lowest BCUT2D eigenvalue weighted by atomic mass is 9.97. The van der Waals surface area contributed by atoms with Crippen molar-refractivity contribution >= 4 is 41.3 Å². The molecule has 1 N–H and O–H groups in total. The molecule has 0 aromatic carbocycles. The van der Waals surface area contributed by atoms with Gasteiger partial charge in [0.05, 0.1) is 0 Å². The van der Waals surface area contributed by atoms with Gasteiger partial charge >= 0.3 is 0 Å². The summed E-state index contributed by atoms with van der Waals surface area (Å²) in [5.74, 6) is 0.912. The first kappa shape index (κ1) is 19.0. The number of thiazole rings is 1. The van der Waals surface area contributed by atoms with Crippen LogP contribution in [0.1, 0.15) is 17.7 Å². The molecule has 2 fully saturated rings. The molecule has 0 spiro atoms. The van der Waals surface area contributed by atoms with Crippen molar-refractivity contribution in [2.45, 2.75) is 19.8 Å². The lowest BCUT2D eigenvalue weighted by Crippen LogP contribution is -2.48. The minimum Gasteiger partial charge on any atom is -0.346 e. The summed E-state index contributed by atoms with van der Waals surface area (Å²) in [6.07, 6.45) is 4.69. The number of aromatic nitrogens is 1. The van der Waals surface area contributed by atoms with Gasteiger partial charge in [-0.05, 0) is 38.8 Å². The molecule has 0 unspecified atom stereocenters. The van der Waals surface area contributed by atoms with Gasteiger partial charge in [-0.2, -0.15) is 0 Å². The van der Waals surface area contributed by atoms with Crippen LogP contribution in [-0.4, -0.2) is 55.7 Å². The van der Waals surface area contributed by atoms with E-state index in [4.69, 9.17) is 0 Å². The standard InChI is InChI=1S/C14H24N4S.2ClH/c1-12-10-16-14(19-12)18-8-6-17(7-9-18)11-13-2-4-15-5-3-13;;/h10,13,15H,2-9,11H2,1H3;2*1H. The normalized spacial score (nSPS) is 20.7. The smallest absolute Gasteiger partial charge is 0.185 e. The summed E-state index contributed by atoms with van der Waals surface area (Å²) in [5.41, 5.74) is 0. The molecule has 3 heterocycles. The molecular formula is C14H26Cl2N4S. The van der Waals surface area contributed by atoms with Gasteiger partial charge in [-0.25, -0.2) is 4.98 Å². The van der Waals surface area contributed by atoms with E-state index in [-0.39, 0.29) is 24.8 Å². The van der Waals surface area contributed by atoms with Crippen LogP contribution in [0.15, 0.2) is 6.20 Å². The molecule has 3 rings (SSSR count). The van der Waals surface area contributed by atoms with E-state index in [1.54, 1.807) is 0 Å². The highest BCUT2D eigenvalue weighted by molar-refractivity contribution is 7.15. The summed E-state index contributed by atoms with van der Waals surface area (Å²) in [6.45, 7) is 10.5. The molecule has 0 radical (unpaired) electrons. The Morgan fingerprint density at radius 2 is 1.86 bits per heavy atom. The minimum atomic E-state index is 0. The molecule has 0 bridgehead atoms. The van der Waals surface area contributed by atoms with Crippen LogP contribution in [0.5, 0.6) is 0 Å². The largest absolute Gasteiger partial charge is 0.346 e. The van der Waals surface area contributed by atoms with E-state index >= 15 is 0 Å². The van der Waals surface area contributed by atoms with Crippen molar-refractivity contribution in [3.05, 3.63) is 11.1 Å². The van der Waals surface area contributed by atoms with Crippen molar-refractivity contribution < 1.29 is 0 Å². The molecule has 0 amide bonds. The number of anilines is 1. The van der Waals surface area contributed by atoms with Crippen molar-refractivity contribution in [1.29, 1.82) is 0 Å². The number of piperazine rings is 1. The van der Waals surface area contributed by atoms with E-state index in [1.165, 1.54) is 55.6 Å². The first-order valence-electron chi connectivity index (χ1n) is 7.42. The number of halogens is 2. The van der Waals surface area contributed by atoms with Crippen molar-refractivity contribution in [3.63, 3.8) is 0 Å². The number of rotatable bonds is 3. The molecule has 2 aliphatic rings. The minimum absolute atomic E-state index is 0. The molecule has 4 nitrogen and oxygen atoms in total. The van der Waals surface area contributed by atoms with Crippen molar-refractivity contribution in [2.24, 2.45) is 5.92 Å². The first-order chi connectivity index (χ1) is 9.31. The topological polar surface area (TPSA) is 31.4 Å². The third-order valence-electron chi connectivity index (χ3n) is 4.23. The molecule has 0 saturated carbocycles. The second-order valence-corrected chi connectivity index (χ2v) is 6.95. The lowest BCUT2D eigenvalue weighted by molar-refractivity contribution is 0.196. The second-order valence-electron chi connectivity index (χ2n) is 5.73. The molecule has 1 aromatic heterocycles. The molecule has 122 valence electrons. The molecule has 0 atom stereocenters. The summed E-state index contributed by atoms with van der Waals surface area (Å²) in [4.78, 5) is 10.9. The van der Waals surface area contributed by atoms with Crippen LogP contribution in [0, 0.1) is 12.8 Å². The second kappa shape index (κ2) is 9.16. The first-order valence-corrected chi connectivity index (χ1v) is 8.23. The Morgan fingerprint density at radius 3 is 2.43 bits per heavy atom. The predicted octanol–water partition coefficient (Wildman–Crippen LogP) is 2.42. The Morgan fingerprint density at radius 1 is 1.19 bits per heavy atom. The van der Waals surface area contributed by atoms with Gasteiger partial charge in [-0.3, -0.25) is 4.90 Å². The Hall–Kier alpha value is -0.0700. The number of nitrogens with one attached hydrogen (secondary N) is 1. The van der Waals surface area contributed by atoms with Crippen LogP contribution in [0.4, 0.5) is 5.13 Å². The molecule has 7 heteroatoms. The maximum atomic E-state index is 4.50. The monoisotopic (exact) mass is 352 g/mol. The fourth-order valence-corrected chi connectivity index (χ4v) is 3.85. The average molecular weight is 353 g/mol. The highest BCUT2D eigenvalue weighted by Crippen LogP contribution is 2.23. The van der Waals surface area contributed by atoms with Gasteiger partial charge in [0.1, 0.15) is 0 Å². The quantitative estimate of drug-likeness (QED) is 0.904. The Bertz CT molecular complexity index is 401. The van der Waals surface area contributed by atoms with Gasteiger partial charge in [0.15, 0.2) is 5.13 Å². The fraction of sp³-hybridized carbons (Fsp3) is 0.786. The maximum Gasteiger partial charge on any atom is 0.185 e. The summed E-state index contributed by atoms with van der Waals surface area (Å²) >= 11 is 1.82. The Labute approximate surface area is 144 Å². The Kier molecular flexibility index (Phi) is 8.27. The van der Waals surface area contributed by atoms with Gasteiger partial charge in [-0.1, -0.05) is 0 Å². The maximum absolute atomic E-state index is 4.50. The van der Waals surface area contributed by atoms with E-state index in [0.717, 1.165) is 19.0 Å². The Balaban J connectivity index is 0.00000110. The molecule has 0 aliphatic carbocycles. The zero-order valence-electron chi connectivity index (χ0n) is 12.6. The van der Waals surface area contributed by atoms with E-state index in [9.17, 15) is 0 Å². The van der Waals surface area contributed by atoms with E-state index < -0.39 is 0 Å². The number of nitrogens with zero attached hydrogens (tertiary/aromatic N) is 3. The number of piperidine rings is 1. The molecular weight excluding hydrogens is 327 g/mol. The lowest BCUT2D eigenvalue weighted by Gasteiger charge is -2.37. The van der Waals surface area contributed by atoms with Crippen LogP contribution in [-0.2, 0) is 0 Å². The van der Waals surface area contributed by atoms with Gasteiger partial charge in [0.2, 0.25) is 0 Å². The molecule has 1 aromatic rings. The van der Waals surface area contributed by atoms with Gasteiger partial charge in [0.25, 0.3) is 0 Å². The van der Waals surface area contributed by atoms with Crippen LogP contribution in [0.25, 0.3) is 0 Å². The van der Waals surface area contributed by atoms with Crippen molar-refractivity contribution in [3.8, 4) is 0 Å². The highest BCUT2D eigenvalue weighted by atomic mass is 35.5. The number of hydrogen-bond donors (Lipinski definition) is 1. The SMILES string of the molecule is Cc1cnc(N2CCN(CC3CCNCC3)CC2)s1.Cl.Cl. The number of aryl methyl sites for hydroxylation is 1. The zero-order valence-corrected chi connectivity index (χ0v) is 15.0. The average Bonchev–Trinajstić information content (AvgIpc) is 2.87. The zero-order chi connectivity index (χ0) is 13.1.